The maximum Gasteiger partial charge on any atom is 0.341 e. The number of carbonyl (C=O) groups is 1. The second-order valence-corrected chi connectivity index (χ2v) is 6.52. The Hall–Kier alpha value is -3.44. The molecule has 1 aliphatic rings. The minimum absolute atomic E-state index is 0.0771. The molecule has 156 valence electrons. The molecule has 0 saturated carbocycles. The van der Waals surface area contributed by atoms with E-state index in [-0.39, 0.29) is 36.8 Å². The van der Waals surface area contributed by atoms with Crippen LogP contribution in [-0.4, -0.2) is 33.0 Å². The van der Waals surface area contributed by atoms with Crippen molar-refractivity contribution in [3.8, 4) is 11.8 Å². The topological polar surface area (TPSA) is 71.8 Å². The number of methoxy groups -OCH3 is 1. The number of rotatable bonds is 7. The summed E-state index contributed by atoms with van der Waals surface area (Å²) in [5.74, 6) is -2.06. The largest absolute Gasteiger partial charge is 0.467 e. The van der Waals surface area contributed by atoms with Crippen molar-refractivity contribution in [3.05, 3.63) is 70.9 Å². The zero-order valence-electron chi connectivity index (χ0n) is 16.5. The molecule has 1 atom stereocenters. The molecule has 0 amide bonds. The van der Waals surface area contributed by atoms with E-state index in [1.54, 1.807) is 36.2 Å². The van der Waals surface area contributed by atoms with Gasteiger partial charge in [0.15, 0.2) is 6.79 Å². The number of hydrogen-bond acceptors (Lipinski definition) is 6. The lowest BCUT2D eigenvalue weighted by atomic mass is 9.93. The van der Waals surface area contributed by atoms with Crippen LogP contribution in [0.15, 0.2) is 48.2 Å². The Morgan fingerprint density at radius 3 is 2.77 bits per heavy atom. The molecule has 0 aromatic heterocycles. The minimum Gasteiger partial charge on any atom is -0.467 e. The summed E-state index contributed by atoms with van der Waals surface area (Å²) in [5.41, 5.74) is 1.26. The Morgan fingerprint density at radius 1 is 1.27 bits per heavy atom. The molecule has 1 heterocycles. The van der Waals surface area contributed by atoms with Crippen LogP contribution >= 0.6 is 0 Å². The van der Waals surface area contributed by atoms with Gasteiger partial charge in [0.2, 0.25) is 0 Å². The Balaban J connectivity index is 1.93. The van der Waals surface area contributed by atoms with Crippen molar-refractivity contribution in [2.75, 3.05) is 32.0 Å². The standard InChI is InChI=1S/C22H20F2N2O4/c1-3-29-22(27)17-6-5-16(9-21(17)30-13-28-2)26-11-14(10-25)19(12-26)18-8-15(23)4-7-20(18)24/h4-9,11,19H,3,12-13H2,1-2H3. The Kier molecular flexibility index (Phi) is 6.65. The number of nitriles is 1. The highest BCUT2D eigenvalue weighted by atomic mass is 19.1. The van der Waals surface area contributed by atoms with Gasteiger partial charge in [0, 0.05) is 43.1 Å². The normalized spacial score (nSPS) is 15.5. The van der Waals surface area contributed by atoms with E-state index in [0.717, 1.165) is 18.2 Å². The molecule has 0 N–H and O–H groups in total. The summed E-state index contributed by atoms with van der Waals surface area (Å²) in [6, 6.07) is 10.1. The number of carbonyl (C=O) groups excluding carboxylic acids is 1. The first-order valence-electron chi connectivity index (χ1n) is 9.24. The van der Waals surface area contributed by atoms with E-state index in [1.807, 2.05) is 0 Å². The zero-order valence-corrected chi connectivity index (χ0v) is 16.5. The fourth-order valence-corrected chi connectivity index (χ4v) is 3.25. The first-order valence-corrected chi connectivity index (χ1v) is 9.24. The molecule has 0 radical (unpaired) electrons. The number of nitrogens with zero attached hydrogens (tertiary/aromatic N) is 2. The van der Waals surface area contributed by atoms with Crippen LogP contribution in [0.4, 0.5) is 14.5 Å². The summed E-state index contributed by atoms with van der Waals surface area (Å²) in [5, 5.41) is 9.51. The summed E-state index contributed by atoms with van der Waals surface area (Å²) in [4.78, 5) is 13.9. The van der Waals surface area contributed by atoms with E-state index < -0.39 is 23.5 Å². The molecule has 1 aliphatic heterocycles. The molecule has 0 saturated heterocycles. The molecule has 8 heteroatoms. The van der Waals surface area contributed by atoms with Gasteiger partial charge < -0.3 is 19.1 Å². The van der Waals surface area contributed by atoms with Gasteiger partial charge in [0.05, 0.1) is 18.2 Å². The summed E-state index contributed by atoms with van der Waals surface area (Å²) in [6.07, 6.45) is 1.58. The number of ether oxygens (including phenoxy) is 3. The number of benzene rings is 2. The van der Waals surface area contributed by atoms with Crippen molar-refractivity contribution in [1.82, 2.24) is 0 Å². The van der Waals surface area contributed by atoms with Crippen molar-refractivity contribution < 1.29 is 27.8 Å². The molecule has 1 unspecified atom stereocenters. The fraction of sp³-hybridized carbons (Fsp3) is 0.273. The van der Waals surface area contributed by atoms with E-state index in [4.69, 9.17) is 14.2 Å². The van der Waals surface area contributed by atoms with Gasteiger partial charge in [-0.1, -0.05) is 0 Å². The zero-order chi connectivity index (χ0) is 21.7. The van der Waals surface area contributed by atoms with Crippen LogP contribution in [0.25, 0.3) is 0 Å². The average molecular weight is 414 g/mol. The number of esters is 1. The van der Waals surface area contributed by atoms with Crippen molar-refractivity contribution in [2.24, 2.45) is 0 Å². The predicted molar refractivity (Wildman–Crippen MR) is 105 cm³/mol. The van der Waals surface area contributed by atoms with Gasteiger partial charge in [-0.3, -0.25) is 0 Å². The second kappa shape index (κ2) is 9.37. The first kappa shape index (κ1) is 21.3. The number of hydrogen-bond donors (Lipinski definition) is 0. The first-order chi connectivity index (χ1) is 14.5. The summed E-state index contributed by atoms with van der Waals surface area (Å²) in [7, 11) is 1.45. The number of anilines is 1. The quantitative estimate of drug-likeness (QED) is 0.501. The maximum absolute atomic E-state index is 14.3. The van der Waals surface area contributed by atoms with Crippen molar-refractivity contribution >= 4 is 11.7 Å². The molecule has 0 spiro atoms. The molecule has 30 heavy (non-hydrogen) atoms. The summed E-state index contributed by atoms with van der Waals surface area (Å²) in [6.45, 7) is 2.07. The molecule has 2 aromatic carbocycles. The van der Waals surface area contributed by atoms with Crippen molar-refractivity contribution in [2.45, 2.75) is 12.8 Å². The molecule has 0 fully saturated rings. The third-order valence-corrected chi connectivity index (χ3v) is 4.64. The molecule has 6 nitrogen and oxygen atoms in total. The number of halogens is 2. The minimum atomic E-state index is -0.626. The van der Waals surface area contributed by atoms with Gasteiger partial charge in [-0.25, -0.2) is 13.6 Å². The van der Waals surface area contributed by atoms with Crippen LogP contribution in [0.5, 0.6) is 5.75 Å². The van der Waals surface area contributed by atoms with E-state index in [1.165, 1.54) is 7.11 Å². The smallest absolute Gasteiger partial charge is 0.341 e. The summed E-state index contributed by atoms with van der Waals surface area (Å²) < 4.78 is 43.4. The van der Waals surface area contributed by atoms with Crippen LogP contribution in [0.1, 0.15) is 28.8 Å². The maximum atomic E-state index is 14.3. The fourth-order valence-electron chi connectivity index (χ4n) is 3.25. The highest BCUT2D eigenvalue weighted by Crippen LogP contribution is 2.37. The molecule has 3 rings (SSSR count). The van der Waals surface area contributed by atoms with E-state index in [2.05, 4.69) is 6.07 Å². The monoisotopic (exact) mass is 414 g/mol. The lowest BCUT2D eigenvalue weighted by Gasteiger charge is -2.20. The van der Waals surface area contributed by atoms with E-state index in [9.17, 15) is 18.8 Å². The highest BCUT2D eigenvalue weighted by molar-refractivity contribution is 5.93. The molecule has 2 aromatic rings. The third-order valence-electron chi connectivity index (χ3n) is 4.64. The third kappa shape index (κ3) is 4.42. The lowest BCUT2D eigenvalue weighted by molar-refractivity contribution is 0.0438. The Labute approximate surface area is 172 Å². The van der Waals surface area contributed by atoms with Gasteiger partial charge in [-0.15, -0.1) is 0 Å². The van der Waals surface area contributed by atoms with Gasteiger partial charge in [-0.05, 0) is 37.3 Å². The van der Waals surface area contributed by atoms with Crippen LogP contribution in [0.2, 0.25) is 0 Å². The lowest BCUT2D eigenvalue weighted by Crippen LogP contribution is -2.18. The van der Waals surface area contributed by atoms with Crippen LogP contribution in [0, 0.1) is 23.0 Å². The van der Waals surface area contributed by atoms with Crippen molar-refractivity contribution in [1.29, 1.82) is 5.26 Å². The Morgan fingerprint density at radius 2 is 2.07 bits per heavy atom. The predicted octanol–water partition coefficient (Wildman–Crippen LogP) is 4.14. The SMILES string of the molecule is CCOC(=O)c1ccc(N2C=C(C#N)C(c3cc(F)ccc3F)C2)cc1OCOC. The summed E-state index contributed by atoms with van der Waals surface area (Å²) >= 11 is 0. The van der Waals surface area contributed by atoms with Gasteiger partial charge in [0.25, 0.3) is 0 Å². The molecular formula is C22H20F2N2O4. The molecular weight excluding hydrogens is 394 g/mol. The van der Waals surface area contributed by atoms with Crippen molar-refractivity contribution in [3.63, 3.8) is 0 Å². The van der Waals surface area contributed by atoms with Gasteiger partial charge in [0.1, 0.15) is 22.9 Å². The second-order valence-electron chi connectivity index (χ2n) is 6.52. The molecule has 0 aliphatic carbocycles. The van der Waals surface area contributed by atoms with Crippen LogP contribution < -0.4 is 9.64 Å². The van der Waals surface area contributed by atoms with E-state index >= 15 is 0 Å². The van der Waals surface area contributed by atoms with E-state index in [0.29, 0.717) is 11.3 Å². The van der Waals surface area contributed by atoms with Crippen LogP contribution in [-0.2, 0) is 9.47 Å². The van der Waals surface area contributed by atoms with Crippen LogP contribution in [0.3, 0.4) is 0 Å². The van der Waals surface area contributed by atoms with Gasteiger partial charge in [-0.2, -0.15) is 5.26 Å². The average Bonchev–Trinajstić information content (AvgIpc) is 3.18. The molecule has 0 bridgehead atoms. The van der Waals surface area contributed by atoms with Gasteiger partial charge >= 0.3 is 5.97 Å². The highest BCUT2D eigenvalue weighted by Gasteiger charge is 2.30. The Bertz CT molecular complexity index is 1020.